The topological polar surface area (TPSA) is 70.8 Å². The Morgan fingerprint density at radius 2 is 1.89 bits per heavy atom. The maximum atomic E-state index is 13.2. The van der Waals surface area contributed by atoms with Crippen molar-refractivity contribution in [3.63, 3.8) is 0 Å². The lowest BCUT2D eigenvalue weighted by Crippen LogP contribution is -2.19. The Morgan fingerprint density at radius 1 is 1.20 bits per heavy atom. The third kappa shape index (κ3) is 6.22. The predicted octanol–water partition coefficient (Wildman–Crippen LogP) is 5.05. The highest BCUT2D eigenvalue weighted by atomic mass is 35.5. The second kappa shape index (κ2) is 13.3. The minimum atomic E-state index is -0.342. The van der Waals surface area contributed by atoms with Crippen LogP contribution in [0.4, 0.5) is 0 Å². The van der Waals surface area contributed by atoms with Gasteiger partial charge in [-0.15, -0.1) is 37.2 Å². The number of aromatic hydroxyl groups is 1. The number of aryl methyl sites for hydroxylation is 1. The fourth-order valence-corrected chi connectivity index (χ4v) is 4.68. The van der Waals surface area contributed by atoms with Crippen LogP contribution in [0.15, 0.2) is 30.6 Å². The Morgan fingerprint density at radius 3 is 2.46 bits per heavy atom. The van der Waals surface area contributed by atoms with Gasteiger partial charge in [-0.3, -0.25) is 9.88 Å². The van der Waals surface area contributed by atoms with Gasteiger partial charge in [0, 0.05) is 60.3 Å². The molecule has 0 spiro atoms. The molecule has 0 radical (unpaired) electrons. The molecule has 0 atom stereocenters. The summed E-state index contributed by atoms with van der Waals surface area (Å²) >= 11 is 0. The lowest BCUT2D eigenvalue weighted by Gasteiger charge is -2.19. The van der Waals surface area contributed by atoms with Crippen LogP contribution in [0.25, 0.3) is 22.0 Å². The molecule has 194 valence electrons. The molecule has 10 heteroatoms. The Balaban J connectivity index is 0.00000204. The minimum absolute atomic E-state index is 0. The maximum absolute atomic E-state index is 13.2. The van der Waals surface area contributed by atoms with Crippen LogP contribution < -0.4 is 0 Å². The van der Waals surface area contributed by atoms with Gasteiger partial charge in [0.05, 0.1) is 17.7 Å². The Labute approximate surface area is 225 Å². The molecule has 1 saturated heterocycles. The number of hydrogen-bond donors (Lipinski definition) is 1. The van der Waals surface area contributed by atoms with Crippen molar-refractivity contribution in [2.24, 2.45) is 7.05 Å². The molecular formula is C25H35Cl3N4O3. The average Bonchev–Trinajstić information content (AvgIpc) is 3.37. The zero-order valence-electron chi connectivity index (χ0n) is 20.6. The number of phenols is 1. The number of ether oxygens (including phenoxy) is 1. The molecular weight excluding hydrogens is 511 g/mol. The Kier molecular flexibility index (Phi) is 11.8. The van der Waals surface area contributed by atoms with Crippen molar-refractivity contribution in [2.75, 3.05) is 33.8 Å². The van der Waals surface area contributed by atoms with Crippen LogP contribution >= 0.6 is 37.2 Å². The van der Waals surface area contributed by atoms with E-state index in [0.29, 0.717) is 25.3 Å². The van der Waals surface area contributed by atoms with Gasteiger partial charge in [0.2, 0.25) is 0 Å². The van der Waals surface area contributed by atoms with Crippen molar-refractivity contribution in [1.82, 2.24) is 19.4 Å². The first-order valence-corrected chi connectivity index (χ1v) is 11.2. The third-order valence-corrected chi connectivity index (χ3v) is 6.18. The van der Waals surface area contributed by atoms with Gasteiger partial charge in [0.25, 0.3) is 0 Å². The standard InChI is InChI=1S/C25H32N4O3.3ClH/c1-5-32-25(31)23-21(16-27(2)3)28(4)20-13-18(17-9-8-10-26-14-17)24(30)19(22(20)23)15-29-11-6-7-12-29;;;/h8-10,13-14,30H,5-7,11-12,15-16H2,1-4H3;3*1H. The van der Waals surface area contributed by atoms with Gasteiger partial charge >= 0.3 is 5.97 Å². The quantitative estimate of drug-likeness (QED) is 0.419. The van der Waals surface area contributed by atoms with Gasteiger partial charge in [-0.05, 0) is 59.1 Å². The summed E-state index contributed by atoms with van der Waals surface area (Å²) in [6.07, 6.45) is 5.78. The molecule has 7 nitrogen and oxygen atoms in total. The summed E-state index contributed by atoms with van der Waals surface area (Å²) in [6.45, 7) is 5.28. The van der Waals surface area contributed by atoms with E-state index in [-0.39, 0.29) is 48.9 Å². The highest BCUT2D eigenvalue weighted by Crippen LogP contribution is 2.42. The number of phenolic OH excluding ortho intramolecular Hbond substituents is 1. The van der Waals surface area contributed by atoms with E-state index in [4.69, 9.17) is 4.74 Å². The molecule has 0 amide bonds. The SMILES string of the molecule is CCOC(=O)c1c(CN(C)C)n(C)c2cc(-c3cccnc3)c(O)c(CN3CCCC3)c12.Cl.Cl.Cl. The van der Waals surface area contributed by atoms with E-state index < -0.39 is 0 Å². The van der Waals surface area contributed by atoms with Crippen LogP contribution in [0.2, 0.25) is 0 Å². The molecule has 3 heterocycles. The molecule has 0 saturated carbocycles. The maximum Gasteiger partial charge on any atom is 0.340 e. The summed E-state index contributed by atoms with van der Waals surface area (Å²) in [6, 6.07) is 5.78. The number of carbonyl (C=O) groups is 1. The first-order chi connectivity index (χ1) is 15.4. The van der Waals surface area contributed by atoms with Crippen molar-refractivity contribution in [2.45, 2.75) is 32.9 Å². The Bertz CT molecular complexity index is 1130. The molecule has 2 aromatic heterocycles. The molecule has 1 fully saturated rings. The molecule has 0 aliphatic carbocycles. The van der Waals surface area contributed by atoms with Gasteiger partial charge in [-0.25, -0.2) is 4.79 Å². The van der Waals surface area contributed by atoms with Crippen molar-refractivity contribution >= 4 is 54.1 Å². The van der Waals surface area contributed by atoms with Gasteiger partial charge in [0.1, 0.15) is 5.75 Å². The molecule has 4 rings (SSSR count). The molecule has 1 aliphatic heterocycles. The number of benzene rings is 1. The number of halogens is 3. The van der Waals surface area contributed by atoms with Crippen LogP contribution in [-0.4, -0.2) is 64.2 Å². The van der Waals surface area contributed by atoms with E-state index in [1.807, 2.05) is 51.2 Å². The first-order valence-electron chi connectivity index (χ1n) is 11.2. The monoisotopic (exact) mass is 544 g/mol. The molecule has 1 aliphatic rings. The fraction of sp³-hybridized carbons (Fsp3) is 0.440. The van der Waals surface area contributed by atoms with E-state index in [1.165, 1.54) is 0 Å². The van der Waals surface area contributed by atoms with Crippen LogP contribution in [-0.2, 0) is 24.9 Å². The molecule has 0 bridgehead atoms. The summed E-state index contributed by atoms with van der Waals surface area (Å²) in [5, 5.41) is 12.3. The number of aromatic nitrogens is 2. The lowest BCUT2D eigenvalue weighted by molar-refractivity contribution is 0.0526. The lowest BCUT2D eigenvalue weighted by atomic mass is 9.96. The molecule has 1 aromatic carbocycles. The van der Waals surface area contributed by atoms with Crippen LogP contribution in [0.5, 0.6) is 5.75 Å². The summed E-state index contributed by atoms with van der Waals surface area (Å²) < 4.78 is 7.54. The zero-order valence-corrected chi connectivity index (χ0v) is 23.1. The third-order valence-electron chi connectivity index (χ3n) is 6.18. The first kappa shape index (κ1) is 31.0. The molecule has 0 unspecified atom stereocenters. The van der Waals surface area contributed by atoms with Gasteiger partial charge in [-0.1, -0.05) is 6.07 Å². The van der Waals surface area contributed by atoms with Gasteiger partial charge < -0.3 is 19.3 Å². The number of nitrogens with zero attached hydrogens (tertiary/aromatic N) is 4. The second-order valence-corrected chi connectivity index (χ2v) is 8.71. The smallest absolute Gasteiger partial charge is 0.340 e. The van der Waals surface area contributed by atoms with E-state index in [9.17, 15) is 9.90 Å². The highest BCUT2D eigenvalue weighted by molar-refractivity contribution is 6.09. The molecule has 3 aromatic rings. The highest BCUT2D eigenvalue weighted by Gasteiger charge is 2.29. The average molecular weight is 546 g/mol. The number of pyridine rings is 1. The summed E-state index contributed by atoms with van der Waals surface area (Å²) in [5.41, 5.74) is 4.71. The van der Waals surface area contributed by atoms with E-state index in [0.717, 1.165) is 59.2 Å². The number of carbonyl (C=O) groups excluding carboxylic acids is 1. The van der Waals surface area contributed by atoms with Crippen molar-refractivity contribution in [3.05, 3.63) is 47.4 Å². The summed E-state index contributed by atoms with van der Waals surface area (Å²) in [7, 11) is 5.94. The number of fused-ring (bicyclic) bond motifs is 1. The Hall–Kier alpha value is -2.03. The van der Waals surface area contributed by atoms with Crippen LogP contribution in [0, 0.1) is 0 Å². The van der Waals surface area contributed by atoms with E-state index in [1.54, 1.807) is 12.4 Å². The van der Waals surface area contributed by atoms with Gasteiger partial charge in [0.15, 0.2) is 0 Å². The number of likely N-dealkylation sites (tertiary alicyclic amines) is 1. The van der Waals surface area contributed by atoms with Crippen LogP contribution in [0.1, 0.15) is 41.4 Å². The van der Waals surface area contributed by atoms with Crippen molar-refractivity contribution < 1.29 is 14.6 Å². The van der Waals surface area contributed by atoms with Crippen LogP contribution in [0.3, 0.4) is 0 Å². The largest absolute Gasteiger partial charge is 0.507 e. The summed E-state index contributed by atoms with van der Waals surface area (Å²) in [4.78, 5) is 21.8. The summed E-state index contributed by atoms with van der Waals surface area (Å²) in [5.74, 6) is -0.129. The van der Waals surface area contributed by atoms with E-state index in [2.05, 4.69) is 14.5 Å². The van der Waals surface area contributed by atoms with Crippen molar-refractivity contribution in [3.8, 4) is 16.9 Å². The second-order valence-electron chi connectivity index (χ2n) is 8.71. The number of esters is 1. The normalized spacial score (nSPS) is 13.3. The zero-order chi connectivity index (χ0) is 22.8. The van der Waals surface area contributed by atoms with E-state index >= 15 is 0 Å². The predicted molar refractivity (Wildman–Crippen MR) is 147 cm³/mol. The fourth-order valence-electron chi connectivity index (χ4n) is 4.68. The molecule has 35 heavy (non-hydrogen) atoms. The number of hydrogen-bond acceptors (Lipinski definition) is 6. The molecule has 1 N–H and O–H groups in total. The minimum Gasteiger partial charge on any atom is -0.507 e. The van der Waals surface area contributed by atoms with Gasteiger partial charge in [-0.2, -0.15) is 0 Å². The van der Waals surface area contributed by atoms with Crippen molar-refractivity contribution in [1.29, 1.82) is 0 Å². The number of rotatable bonds is 7.